The Bertz CT molecular complexity index is 2030. The largest absolute Gasteiger partial charge is 0.444 e. The smallest absolute Gasteiger partial charge is 0.410 e. The second-order valence-corrected chi connectivity index (χ2v) is 17.6. The predicted octanol–water partition coefficient (Wildman–Crippen LogP) is 3.35. The van der Waals surface area contributed by atoms with E-state index in [4.69, 9.17) is 4.74 Å². The van der Waals surface area contributed by atoms with Crippen LogP contribution in [-0.2, 0) is 55.3 Å². The van der Waals surface area contributed by atoms with Crippen LogP contribution in [0, 0.1) is 11.7 Å². The fraction of sp³-hybridized carbons (Fsp3) is 0.513. The van der Waals surface area contributed by atoms with Crippen molar-refractivity contribution in [3.8, 4) is 0 Å². The van der Waals surface area contributed by atoms with Crippen LogP contribution in [0.5, 0.6) is 0 Å². The Morgan fingerprint density at radius 2 is 1.62 bits per heavy atom. The predicted molar refractivity (Wildman–Crippen MR) is 195 cm³/mol. The second kappa shape index (κ2) is 14.6. The molecular weight excluding hydrogens is 732 g/mol. The molecule has 2 saturated carbocycles. The Labute approximate surface area is 318 Å². The molecule has 4 aliphatic heterocycles. The van der Waals surface area contributed by atoms with Crippen LogP contribution in [0.2, 0.25) is 0 Å². The summed E-state index contributed by atoms with van der Waals surface area (Å²) < 4.78 is 48.2. The lowest BCUT2D eigenvalue weighted by molar-refractivity contribution is -0.141. The van der Waals surface area contributed by atoms with Crippen LogP contribution in [0.25, 0.3) is 0 Å². The molecule has 14 nitrogen and oxygen atoms in total. The van der Waals surface area contributed by atoms with Crippen LogP contribution >= 0.6 is 0 Å². The van der Waals surface area contributed by atoms with E-state index in [0.717, 1.165) is 24.0 Å². The molecule has 2 aromatic rings. The maximum Gasteiger partial charge on any atom is 0.410 e. The van der Waals surface area contributed by atoms with Crippen LogP contribution in [-0.4, -0.2) is 88.5 Å². The number of carbonyl (C=O) groups is 5. The summed E-state index contributed by atoms with van der Waals surface area (Å²) in [6.07, 6.45) is 6.14. The number of carbonyl (C=O) groups excluding carboxylic acids is 5. The number of ether oxygens (including phenoxy) is 1. The number of benzene rings is 2. The minimum absolute atomic E-state index is 0.00486. The summed E-state index contributed by atoms with van der Waals surface area (Å²) in [4.78, 5) is 74.0. The molecule has 0 spiro atoms. The Kier molecular flexibility index (Phi) is 9.80. The molecule has 1 saturated heterocycles. The van der Waals surface area contributed by atoms with Crippen LogP contribution in [0.15, 0.2) is 54.6 Å². The summed E-state index contributed by atoms with van der Waals surface area (Å²) in [5.41, 5.74) is 1.54. The van der Waals surface area contributed by atoms with Crippen molar-refractivity contribution in [1.82, 2.24) is 30.1 Å². The van der Waals surface area contributed by atoms with Gasteiger partial charge in [0, 0.05) is 37.5 Å². The van der Waals surface area contributed by atoms with Gasteiger partial charge in [-0.2, -0.15) is 0 Å². The van der Waals surface area contributed by atoms with Crippen LogP contribution in [0.3, 0.4) is 0 Å². The molecule has 0 aromatic heterocycles. The van der Waals surface area contributed by atoms with Crippen molar-refractivity contribution in [2.75, 3.05) is 6.54 Å². The third kappa shape index (κ3) is 7.52. The molecule has 292 valence electrons. The molecule has 3 fully saturated rings. The van der Waals surface area contributed by atoms with Gasteiger partial charge in [0.25, 0.3) is 5.91 Å². The number of urea groups is 1. The van der Waals surface area contributed by atoms with Crippen molar-refractivity contribution >= 4 is 39.9 Å². The Morgan fingerprint density at radius 3 is 2.35 bits per heavy atom. The van der Waals surface area contributed by atoms with Gasteiger partial charge in [0.15, 0.2) is 0 Å². The van der Waals surface area contributed by atoms with E-state index in [9.17, 15) is 36.8 Å². The maximum atomic E-state index is 14.6. The van der Waals surface area contributed by atoms with E-state index < -0.39 is 80.6 Å². The molecular formula is C39H45FN6O8S. The molecule has 3 N–H and O–H groups in total. The van der Waals surface area contributed by atoms with Crippen LogP contribution < -0.4 is 15.4 Å². The molecule has 55 heavy (non-hydrogen) atoms. The average Bonchev–Trinajstić information content (AvgIpc) is 3.96. The number of nitrogens with zero attached hydrogens (tertiary/aromatic N) is 3. The third-order valence-corrected chi connectivity index (χ3v) is 13.5. The molecule has 2 aliphatic carbocycles. The number of sulfonamides is 1. The molecule has 2 aromatic carbocycles. The molecule has 16 heteroatoms. The van der Waals surface area contributed by atoms with E-state index >= 15 is 0 Å². The van der Waals surface area contributed by atoms with Gasteiger partial charge in [0.1, 0.15) is 29.5 Å². The van der Waals surface area contributed by atoms with Gasteiger partial charge in [0.2, 0.25) is 21.8 Å². The van der Waals surface area contributed by atoms with Gasteiger partial charge < -0.3 is 25.2 Å². The summed E-state index contributed by atoms with van der Waals surface area (Å²) in [6.45, 7) is 0.737. The van der Waals surface area contributed by atoms with Crippen molar-refractivity contribution in [3.05, 3.63) is 82.7 Å². The Morgan fingerprint density at radius 1 is 0.891 bits per heavy atom. The number of fused-ring (bicyclic) bond motifs is 4. The van der Waals surface area contributed by atoms with E-state index in [2.05, 4.69) is 15.4 Å². The average molecular weight is 777 g/mol. The SMILES string of the molecule is O=C1N[C@]2(C(=O)NS(=O)(=O)C3CC3)C[C@H]2/C=C\CCCCC[C@H](NC(=O)N2Cc3ccccc3C2)C(=O)N2C[C@H](OC(=O)N3Cc4cccc(F)c4C3)C[C@@H]12. The van der Waals surface area contributed by atoms with Gasteiger partial charge in [-0.1, -0.05) is 61.4 Å². The highest BCUT2D eigenvalue weighted by Crippen LogP contribution is 2.46. The number of allylic oxidation sites excluding steroid dienone is 1. The van der Waals surface area contributed by atoms with Gasteiger partial charge in [-0.25, -0.2) is 22.4 Å². The summed E-state index contributed by atoms with van der Waals surface area (Å²) in [5, 5.41) is 5.10. The van der Waals surface area contributed by atoms with Gasteiger partial charge in [-0.15, -0.1) is 0 Å². The number of nitrogens with one attached hydrogen (secondary N) is 3. The number of halogens is 1. The van der Waals surface area contributed by atoms with Crippen LogP contribution in [0.1, 0.15) is 80.0 Å². The van der Waals surface area contributed by atoms with Crippen LogP contribution in [0.4, 0.5) is 14.0 Å². The zero-order chi connectivity index (χ0) is 38.5. The second-order valence-electron chi connectivity index (χ2n) is 15.6. The molecule has 5 atom stereocenters. The van der Waals surface area contributed by atoms with E-state index in [1.54, 1.807) is 17.0 Å². The van der Waals surface area contributed by atoms with Crippen molar-refractivity contribution in [1.29, 1.82) is 0 Å². The zero-order valence-corrected chi connectivity index (χ0v) is 31.2. The van der Waals surface area contributed by atoms with E-state index in [1.165, 1.54) is 15.9 Å². The lowest BCUT2D eigenvalue weighted by Crippen LogP contribution is -2.58. The summed E-state index contributed by atoms with van der Waals surface area (Å²) in [6, 6.07) is 9.71. The third-order valence-electron chi connectivity index (χ3n) is 11.7. The van der Waals surface area contributed by atoms with Crippen molar-refractivity contribution in [2.24, 2.45) is 5.92 Å². The molecule has 4 heterocycles. The first kappa shape index (κ1) is 37.0. The molecule has 0 radical (unpaired) electrons. The van der Waals surface area contributed by atoms with Gasteiger partial charge >= 0.3 is 12.1 Å². The first-order valence-corrected chi connectivity index (χ1v) is 20.7. The lowest BCUT2D eigenvalue weighted by Gasteiger charge is -2.30. The topological polar surface area (TPSA) is 175 Å². The van der Waals surface area contributed by atoms with Crippen molar-refractivity contribution in [3.63, 3.8) is 0 Å². The van der Waals surface area contributed by atoms with E-state index in [0.29, 0.717) is 56.3 Å². The zero-order valence-electron chi connectivity index (χ0n) is 30.4. The molecule has 6 amide bonds. The first-order valence-electron chi connectivity index (χ1n) is 19.1. The van der Waals surface area contributed by atoms with E-state index in [1.807, 2.05) is 36.4 Å². The number of hydrogen-bond acceptors (Lipinski definition) is 8. The van der Waals surface area contributed by atoms with Gasteiger partial charge in [-0.3, -0.25) is 24.0 Å². The molecule has 8 rings (SSSR count). The van der Waals surface area contributed by atoms with Crippen molar-refractivity contribution in [2.45, 2.75) is 113 Å². The van der Waals surface area contributed by atoms with E-state index in [-0.39, 0.29) is 32.5 Å². The standard InChI is InChI=1S/C39H45FN6O8S/c40-31-13-8-11-26-21-45(23-30(26)31)38(51)54-28-17-33-34(47)42-39(36(49)43-55(52,53)29-15-16-29)18-27(39)12-4-2-1-3-5-14-32(35(48)46(33)22-28)41-37(50)44-19-24-9-6-7-10-25(24)20-44/h4,6-13,27-29,32-33H,1-3,5,14-23H2,(H,41,50)(H,42,47)(H,43,49)/b12-4-/t27-,28-,32+,33+,39-/m1/s1. The Hall–Kier alpha value is -4.99. The molecule has 0 bridgehead atoms. The molecule has 6 aliphatic rings. The Balaban J connectivity index is 1.04. The monoisotopic (exact) mass is 776 g/mol. The molecule has 0 unspecified atom stereocenters. The highest BCUT2D eigenvalue weighted by molar-refractivity contribution is 7.91. The number of hydrogen-bond donors (Lipinski definition) is 3. The quantitative estimate of drug-likeness (QED) is 0.388. The minimum Gasteiger partial charge on any atom is -0.444 e. The highest BCUT2D eigenvalue weighted by Gasteiger charge is 2.62. The fourth-order valence-corrected chi connectivity index (χ4v) is 9.66. The van der Waals surface area contributed by atoms with Crippen molar-refractivity contribution < 1.29 is 41.5 Å². The maximum absolute atomic E-state index is 14.6. The summed E-state index contributed by atoms with van der Waals surface area (Å²) >= 11 is 0. The minimum atomic E-state index is -3.92. The summed E-state index contributed by atoms with van der Waals surface area (Å²) in [7, 11) is -3.92. The normalized spacial score (nSPS) is 28.4. The fourth-order valence-electron chi connectivity index (χ4n) is 8.29. The number of rotatable bonds is 5. The van der Waals surface area contributed by atoms with Gasteiger partial charge in [0.05, 0.1) is 18.3 Å². The first-order chi connectivity index (χ1) is 26.4. The lowest BCUT2D eigenvalue weighted by atomic mass is 10.0. The highest BCUT2D eigenvalue weighted by atomic mass is 32.2. The summed E-state index contributed by atoms with van der Waals surface area (Å²) in [5.74, 6) is -2.96. The van der Waals surface area contributed by atoms with Gasteiger partial charge in [-0.05, 0) is 61.3 Å². The number of amides is 6.